The maximum Gasteiger partial charge on any atom is 0.225 e. The second kappa shape index (κ2) is 8.23. The standard InChI is InChI=1S/C16H30N2O.ClH/c1-12(2)13-6-4-9-18(10-8-13)16(19)14-5-3-7-15(17)11-14;/h12-15H,3-11,17H2,1-2H3;1H. The van der Waals surface area contributed by atoms with Crippen LogP contribution in [0.5, 0.6) is 0 Å². The summed E-state index contributed by atoms with van der Waals surface area (Å²) in [6.07, 6.45) is 7.82. The molecule has 1 amide bonds. The Morgan fingerprint density at radius 3 is 2.50 bits per heavy atom. The number of rotatable bonds is 2. The van der Waals surface area contributed by atoms with Gasteiger partial charge in [0.25, 0.3) is 0 Å². The fourth-order valence-corrected chi connectivity index (χ4v) is 3.72. The summed E-state index contributed by atoms with van der Waals surface area (Å²) in [6, 6.07) is 0.248. The van der Waals surface area contributed by atoms with Crippen LogP contribution in [-0.4, -0.2) is 29.9 Å². The Hall–Kier alpha value is -0.280. The van der Waals surface area contributed by atoms with Gasteiger partial charge in [-0.2, -0.15) is 0 Å². The van der Waals surface area contributed by atoms with E-state index in [1.165, 1.54) is 19.3 Å². The lowest BCUT2D eigenvalue weighted by molar-refractivity contribution is -0.136. The molecule has 2 aliphatic rings. The molecular weight excluding hydrogens is 272 g/mol. The smallest absolute Gasteiger partial charge is 0.225 e. The van der Waals surface area contributed by atoms with Crippen LogP contribution in [-0.2, 0) is 4.79 Å². The number of carbonyl (C=O) groups excluding carboxylic acids is 1. The fourth-order valence-electron chi connectivity index (χ4n) is 3.72. The fraction of sp³-hybridized carbons (Fsp3) is 0.938. The molecule has 4 heteroatoms. The number of amides is 1. The first-order valence-corrected chi connectivity index (χ1v) is 8.12. The van der Waals surface area contributed by atoms with Gasteiger partial charge in [0.1, 0.15) is 0 Å². The van der Waals surface area contributed by atoms with Gasteiger partial charge in [0.15, 0.2) is 0 Å². The number of hydrogen-bond donors (Lipinski definition) is 1. The maximum absolute atomic E-state index is 12.6. The number of hydrogen-bond acceptors (Lipinski definition) is 2. The first kappa shape index (κ1) is 17.8. The van der Waals surface area contributed by atoms with E-state index >= 15 is 0 Å². The topological polar surface area (TPSA) is 46.3 Å². The van der Waals surface area contributed by atoms with Crippen LogP contribution in [0.1, 0.15) is 58.8 Å². The van der Waals surface area contributed by atoms with Crippen molar-refractivity contribution in [3.63, 3.8) is 0 Å². The Bertz CT molecular complexity index is 309. The number of carbonyl (C=O) groups is 1. The normalized spacial score (nSPS) is 31.6. The molecule has 0 aromatic rings. The van der Waals surface area contributed by atoms with Crippen molar-refractivity contribution in [1.29, 1.82) is 0 Å². The van der Waals surface area contributed by atoms with Gasteiger partial charge in [-0.05, 0) is 50.4 Å². The largest absolute Gasteiger partial charge is 0.342 e. The van der Waals surface area contributed by atoms with E-state index in [4.69, 9.17) is 5.73 Å². The molecule has 118 valence electrons. The summed E-state index contributed by atoms with van der Waals surface area (Å²) in [4.78, 5) is 14.7. The molecule has 3 nitrogen and oxygen atoms in total. The van der Waals surface area contributed by atoms with Crippen molar-refractivity contribution in [3.05, 3.63) is 0 Å². The van der Waals surface area contributed by atoms with E-state index in [0.717, 1.165) is 50.6 Å². The highest BCUT2D eigenvalue weighted by atomic mass is 35.5. The minimum Gasteiger partial charge on any atom is -0.342 e. The van der Waals surface area contributed by atoms with Gasteiger partial charge >= 0.3 is 0 Å². The molecule has 3 unspecified atom stereocenters. The number of halogens is 1. The van der Waals surface area contributed by atoms with Crippen LogP contribution in [0, 0.1) is 17.8 Å². The van der Waals surface area contributed by atoms with Gasteiger partial charge in [0.2, 0.25) is 5.91 Å². The minimum absolute atomic E-state index is 0. The minimum atomic E-state index is 0. The summed E-state index contributed by atoms with van der Waals surface area (Å²) in [5.74, 6) is 2.14. The molecule has 0 aromatic carbocycles. The van der Waals surface area contributed by atoms with E-state index < -0.39 is 0 Å². The molecule has 1 aliphatic carbocycles. The molecule has 20 heavy (non-hydrogen) atoms. The van der Waals surface area contributed by atoms with Crippen molar-refractivity contribution < 1.29 is 4.79 Å². The molecule has 0 bridgehead atoms. The Morgan fingerprint density at radius 1 is 1.10 bits per heavy atom. The summed E-state index contributed by atoms with van der Waals surface area (Å²) in [7, 11) is 0. The van der Waals surface area contributed by atoms with Crippen LogP contribution in [0.25, 0.3) is 0 Å². The van der Waals surface area contributed by atoms with Gasteiger partial charge in [-0.15, -0.1) is 12.4 Å². The van der Waals surface area contributed by atoms with E-state index in [0.29, 0.717) is 5.91 Å². The molecular formula is C16H31ClN2O. The van der Waals surface area contributed by atoms with Gasteiger partial charge in [0, 0.05) is 25.0 Å². The Labute approximate surface area is 130 Å². The maximum atomic E-state index is 12.6. The first-order chi connectivity index (χ1) is 9.08. The molecule has 1 saturated carbocycles. The Balaban J connectivity index is 0.00000200. The number of nitrogens with two attached hydrogens (primary N) is 1. The lowest BCUT2D eigenvalue weighted by Crippen LogP contribution is -2.41. The number of likely N-dealkylation sites (tertiary alicyclic amines) is 1. The summed E-state index contributed by atoms with van der Waals surface area (Å²) in [5, 5.41) is 0. The quantitative estimate of drug-likeness (QED) is 0.851. The Morgan fingerprint density at radius 2 is 1.85 bits per heavy atom. The first-order valence-electron chi connectivity index (χ1n) is 8.12. The van der Waals surface area contributed by atoms with Crippen LogP contribution in [0.4, 0.5) is 0 Å². The monoisotopic (exact) mass is 302 g/mol. The molecule has 1 aliphatic heterocycles. The van der Waals surface area contributed by atoms with Crippen LogP contribution < -0.4 is 5.73 Å². The molecule has 0 spiro atoms. The predicted molar refractivity (Wildman–Crippen MR) is 85.9 cm³/mol. The van der Waals surface area contributed by atoms with Crippen LogP contribution >= 0.6 is 12.4 Å². The molecule has 0 radical (unpaired) electrons. The molecule has 1 saturated heterocycles. The van der Waals surface area contributed by atoms with Crippen molar-refractivity contribution in [2.75, 3.05) is 13.1 Å². The highest BCUT2D eigenvalue weighted by Gasteiger charge is 2.30. The van der Waals surface area contributed by atoms with E-state index in [2.05, 4.69) is 18.7 Å². The summed E-state index contributed by atoms with van der Waals surface area (Å²) < 4.78 is 0. The SMILES string of the molecule is CC(C)C1CCCN(C(=O)C2CCCC(N)C2)CC1.Cl. The molecule has 3 atom stereocenters. The van der Waals surface area contributed by atoms with Gasteiger partial charge in [-0.25, -0.2) is 0 Å². The second-order valence-electron chi connectivity index (χ2n) is 6.88. The van der Waals surface area contributed by atoms with Crippen LogP contribution in [0.15, 0.2) is 0 Å². The van der Waals surface area contributed by atoms with E-state index in [-0.39, 0.29) is 24.4 Å². The third kappa shape index (κ3) is 4.63. The lowest BCUT2D eigenvalue weighted by atomic mass is 9.85. The third-order valence-corrected chi connectivity index (χ3v) is 5.09. The zero-order valence-corrected chi connectivity index (χ0v) is 13.8. The highest BCUT2D eigenvalue weighted by Crippen LogP contribution is 2.28. The van der Waals surface area contributed by atoms with Crippen molar-refractivity contribution in [3.8, 4) is 0 Å². The number of nitrogens with zero attached hydrogens (tertiary/aromatic N) is 1. The molecule has 0 aromatic heterocycles. The molecule has 2 rings (SSSR count). The van der Waals surface area contributed by atoms with Crippen molar-refractivity contribution >= 4 is 18.3 Å². The average molecular weight is 303 g/mol. The van der Waals surface area contributed by atoms with E-state index in [1.54, 1.807) is 0 Å². The zero-order valence-electron chi connectivity index (χ0n) is 13.0. The van der Waals surface area contributed by atoms with Gasteiger partial charge < -0.3 is 10.6 Å². The molecule has 2 N–H and O–H groups in total. The Kier molecular flexibility index (Phi) is 7.32. The second-order valence-corrected chi connectivity index (χ2v) is 6.88. The van der Waals surface area contributed by atoms with E-state index in [9.17, 15) is 4.79 Å². The predicted octanol–water partition coefficient (Wildman–Crippen LogP) is 3.21. The molecule has 1 heterocycles. The van der Waals surface area contributed by atoms with Gasteiger partial charge in [0.05, 0.1) is 0 Å². The van der Waals surface area contributed by atoms with Crippen molar-refractivity contribution in [2.24, 2.45) is 23.5 Å². The zero-order chi connectivity index (χ0) is 13.8. The summed E-state index contributed by atoms with van der Waals surface area (Å²) >= 11 is 0. The van der Waals surface area contributed by atoms with Crippen LogP contribution in [0.2, 0.25) is 0 Å². The van der Waals surface area contributed by atoms with Crippen LogP contribution in [0.3, 0.4) is 0 Å². The van der Waals surface area contributed by atoms with Crippen molar-refractivity contribution in [2.45, 2.75) is 64.8 Å². The highest BCUT2D eigenvalue weighted by molar-refractivity contribution is 5.85. The summed E-state index contributed by atoms with van der Waals surface area (Å²) in [6.45, 7) is 6.55. The molecule has 2 fully saturated rings. The van der Waals surface area contributed by atoms with Crippen molar-refractivity contribution in [1.82, 2.24) is 4.90 Å². The van der Waals surface area contributed by atoms with Gasteiger partial charge in [-0.3, -0.25) is 4.79 Å². The van der Waals surface area contributed by atoms with Gasteiger partial charge in [-0.1, -0.05) is 20.3 Å². The third-order valence-electron chi connectivity index (χ3n) is 5.09. The summed E-state index contributed by atoms with van der Waals surface area (Å²) in [5.41, 5.74) is 6.01. The lowest BCUT2D eigenvalue weighted by Gasteiger charge is -2.31. The average Bonchev–Trinajstić information content (AvgIpc) is 2.63. The van der Waals surface area contributed by atoms with E-state index in [1.807, 2.05) is 0 Å².